The zero-order valence-electron chi connectivity index (χ0n) is 21.9. The van der Waals surface area contributed by atoms with Crippen LogP contribution < -0.4 is 5.32 Å². The Balaban J connectivity index is 1.38. The number of halogens is 1. The molecule has 1 atom stereocenters. The molecule has 0 spiro atoms. The van der Waals surface area contributed by atoms with Gasteiger partial charge in [0.25, 0.3) is 0 Å². The topological polar surface area (TPSA) is 60.1 Å². The van der Waals surface area contributed by atoms with Crippen LogP contribution in [-0.4, -0.2) is 51.2 Å². The van der Waals surface area contributed by atoms with Crippen LogP contribution in [0.3, 0.4) is 0 Å². The Hall–Kier alpha value is -3.71. The minimum Gasteiger partial charge on any atom is -0.388 e. The predicted molar refractivity (Wildman–Crippen MR) is 149 cm³/mol. The third-order valence-electron chi connectivity index (χ3n) is 7.37. The van der Waals surface area contributed by atoms with Crippen LogP contribution >= 0.6 is 0 Å². The van der Waals surface area contributed by atoms with Crippen LogP contribution in [0.2, 0.25) is 0 Å². The maximum absolute atomic E-state index is 14.5. The predicted octanol–water partition coefficient (Wildman–Crippen LogP) is 6.03. The fourth-order valence-electron chi connectivity index (χ4n) is 5.39. The number of fused-ring (bicyclic) bond motifs is 1. The van der Waals surface area contributed by atoms with E-state index in [0.29, 0.717) is 12.6 Å². The fraction of sp³-hybridized carbons (Fsp3) is 0.333. The first-order chi connectivity index (χ1) is 17.9. The van der Waals surface area contributed by atoms with Crippen LogP contribution in [0.5, 0.6) is 0 Å². The number of pyridine rings is 1. The van der Waals surface area contributed by atoms with Crippen LogP contribution in [-0.2, 0) is 13.1 Å². The molecule has 192 valence electrons. The van der Waals surface area contributed by atoms with E-state index in [1.807, 2.05) is 51.5 Å². The van der Waals surface area contributed by atoms with Crippen molar-refractivity contribution in [3.8, 4) is 11.3 Å². The summed E-state index contributed by atoms with van der Waals surface area (Å²) in [6.45, 7) is 11.3. The highest BCUT2D eigenvalue weighted by molar-refractivity contribution is 5.95. The van der Waals surface area contributed by atoms with E-state index in [1.54, 1.807) is 6.07 Å². The third kappa shape index (κ3) is 5.37. The van der Waals surface area contributed by atoms with Crippen LogP contribution in [0.1, 0.15) is 35.2 Å². The standard InChI is InChI=1S/C30H35FN6/c1-5-37(25-7-6-12-36(19-25)17-23-9-8-20(2)13-27(23)31)18-24-15-26-29(16-28(24)32-4)34-35-30(26)22-10-11-33-21(3)14-22/h5,8-11,13-16,25,32H,1,6-7,12,17-19H2,2-4H3,(H,34,35)/t25-/m1/s1. The lowest BCUT2D eigenvalue weighted by molar-refractivity contribution is 0.120. The average Bonchev–Trinajstić information content (AvgIpc) is 3.31. The van der Waals surface area contributed by atoms with Gasteiger partial charge in [0.2, 0.25) is 0 Å². The van der Waals surface area contributed by atoms with Crippen LogP contribution in [0, 0.1) is 19.7 Å². The summed E-state index contributed by atoms with van der Waals surface area (Å²) < 4.78 is 14.5. The van der Waals surface area contributed by atoms with Crippen molar-refractivity contribution in [3.05, 3.63) is 89.6 Å². The number of aromatic amines is 1. The second-order valence-corrected chi connectivity index (χ2v) is 10.0. The van der Waals surface area contributed by atoms with Gasteiger partial charge in [-0.05, 0) is 80.9 Å². The van der Waals surface area contributed by atoms with Crippen LogP contribution in [0.15, 0.2) is 61.4 Å². The summed E-state index contributed by atoms with van der Waals surface area (Å²) in [5.41, 5.74) is 7.90. The van der Waals surface area contributed by atoms with E-state index in [2.05, 4.69) is 55.1 Å². The number of nitrogens with zero attached hydrogens (tertiary/aromatic N) is 4. The van der Waals surface area contributed by atoms with Gasteiger partial charge in [-0.15, -0.1) is 0 Å². The van der Waals surface area contributed by atoms with Crippen LogP contribution in [0.4, 0.5) is 10.1 Å². The molecule has 2 aromatic carbocycles. The Morgan fingerprint density at radius 1 is 1.19 bits per heavy atom. The zero-order chi connectivity index (χ0) is 25.9. The summed E-state index contributed by atoms with van der Waals surface area (Å²) in [5, 5.41) is 12.3. The molecule has 1 aliphatic rings. The highest BCUT2D eigenvalue weighted by Gasteiger charge is 2.25. The molecular formula is C30H35FN6. The maximum atomic E-state index is 14.5. The lowest BCUT2D eigenvalue weighted by atomic mass is 10.0. The number of anilines is 1. The first-order valence-corrected chi connectivity index (χ1v) is 12.9. The van der Waals surface area contributed by atoms with Gasteiger partial charge in [0, 0.05) is 66.8 Å². The van der Waals surface area contributed by atoms with Crippen LogP contribution in [0.25, 0.3) is 22.2 Å². The molecule has 37 heavy (non-hydrogen) atoms. The van der Waals surface area contributed by atoms with Crippen molar-refractivity contribution in [1.82, 2.24) is 25.0 Å². The molecule has 6 nitrogen and oxygen atoms in total. The molecule has 7 heteroatoms. The quantitative estimate of drug-likeness (QED) is 0.311. The van der Waals surface area contributed by atoms with E-state index in [0.717, 1.165) is 77.1 Å². The molecular weight excluding hydrogens is 463 g/mol. The lowest BCUT2D eigenvalue weighted by Gasteiger charge is -2.39. The Morgan fingerprint density at radius 2 is 2.05 bits per heavy atom. The first kappa shape index (κ1) is 25.0. The lowest BCUT2D eigenvalue weighted by Crippen LogP contribution is -2.45. The minimum absolute atomic E-state index is 0.116. The number of piperidine rings is 1. The zero-order valence-corrected chi connectivity index (χ0v) is 21.9. The van der Waals surface area contributed by atoms with E-state index in [4.69, 9.17) is 0 Å². The van der Waals surface area contributed by atoms with E-state index in [-0.39, 0.29) is 5.82 Å². The number of likely N-dealkylation sites (tertiary alicyclic amines) is 1. The van der Waals surface area contributed by atoms with Gasteiger partial charge < -0.3 is 10.2 Å². The second kappa shape index (κ2) is 10.7. The summed E-state index contributed by atoms with van der Waals surface area (Å²) in [4.78, 5) is 9.02. The van der Waals surface area contributed by atoms with Gasteiger partial charge in [0.1, 0.15) is 11.5 Å². The van der Waals surface area contributed by atoms with Crippen molar-refractivity contribution in [3.63, 3.8) is 0 Å². The highest BCUT2D eigenvalue weighted by Crippen LogP contribution is 2.32. The number of benzene rings is 2. The average molecular weight is 499 g/mol. The molecule has 0 amide bonds. The van der Waals surface area contributed by atoms with E-state index >= 15 is 0 Å². The normalized spacial score (nSPS) is 16.2. The Morgan fingerprint density at radius 3 is 2.81 bits per heavy atom. The molecule has 1 saturated heterocycles. The Kier molecular flexibility index (Phi) is 7.24. The molecule has 1 fully saturated rings. The first-order valence-electron chi connectivity index (χ1n) is 12.9. The molecule has 0 radical (unpaired) electrons. The molecule has 2 N–H and O–H groups in total. The molecule has 1 aliphatic heterocycles. The number of hydrogen-bond acceptors (Lipinski definition) is 5. The monoisotopic (exact) mass is 498 g/mol. The van der Waals surface area contributed by atoms with Crippen molar-refractivity contribution in [1.29, 1.82) is 0 Å². The SMILES string of the molecule is C=CN(Cc1cc2c(-c3ccnc(C)c3)n[nH]c2cc1NC)[C@@H]1CCCN(Cc2ccc(C)cc2F)C1. The minimum atomic E-state index is -0.116. The second-order valence-electron chi connectivity index (χ2n) is 10.0. The maximum Gasteiger partial charge on any atom is 0.127 e. The summed E-state index contributed by atoms with van der Waals surface area (Å²) in [6, 6.07) is 14.3. The summed E-state index contributed by atoms with van der Waals surface area (Å²) in [7, 11) is 1.95. The van der Waals surface area contributed by atoms with Gasteiger partial charge in [-0.1, -0.05) is 18.7 Å². The van der Waals surface area contributed by atoms with Crippen molar-refractivity contribution in [2.45, 2.75) is 45.8 Å². The molecule has 4 aromatic rings. The molecule has 5 rings (SSSR count). The van der Waals surface area contributed by atoms with Crippen molar-refractivity contribution < 1.29 is 4.39 Å². The summed E-state index contributed by atoms with van der Waals surface area (Å²) in [5.74, 6) is -0.116. The molecule has 0 bridgehead atoms. The smallest absolute Gasteiger partial charge is 0.127 e. The van der Waals surface area contributed by atoms with Gasteiger partial charge in [-0.25, -0.2) is 4.39 Å². The van der Waals surface area contributed by atoms with Crippen molar-refractivity contribution in [2.24, 2.45) is 0 Å². The van der Waals surface area contributed by atoms with Gasteiger partial charge in [0.05, 0.1) is 5.52 Å². The largest absolute Gasteiger partial charge is 0.388 e. The fourth-order valence-corrected chi connectivity index (χ4v) is 5.39. The van der Waals surface area contributed by atoms with E-state index in [9.17, 15) is 4.39 Å². The number of hydrogen-bond donors (Lipinski definition) is 2. The van der Waals surface area contributed by atoms with Gasteiger partial charge in [-0.3, -0.25) is 15.0 Å². The van der Waals surface area contributed by atoms with Crippen molar-refractivity contribution in [2.75, 3.05) is 25.5 Å². The Bertz CT molecular complexity index is 1410. The van der Waals surface area contributed by atoms with Crippen molar-refractivity contribution >= 4 is 16.6 Å². The number of nitrogens with one attached hydrogen (secondary N) is 2. The van der Waals surface area contributed by atoms with Gasteiger partial charge in [0.15, 0.2) is 0 Å². The number of aryl methyl sites for hydroxylation is 2. The third-order valence-corrected chi connectivity index (χ3v) is 7.37. The molecule has 2 aromatic heterocycles. The van der Waals surface area contributed by atoms with Gasteiger partial charge in [-0.2, -0.15) is 5.10 Å². The molecule has 0 saturated carbocycles. The Labute approximate surface area is 218 Å². The number of H-pyrrole nitrogens is 1. The van der Waals surface area contributed by atoms with E-state index < -0.39 is 0 Å². The van der Waals surface area contributed by atoms with E-state index in [1.165, 1.54) is 5.56 Å². The number of rotatable bonds is 8. The molecule has 3 heterocycles. The highest BCUT2D eigenvalue weighted by atomic mass is 19.1. The molecule has 0 aliphatic carbocycles. The number of aromatic nitrogens is 3. The summed E-state index contributed by atoms with van der Waals surface area (Å²) in [6.07, 6.45) is 5.94. The molecule has 0 unspecified atom stereocenters. The summed E-state index contributed by atoms with van der Waals surface area (Å²) >= 11 is 0. The van der Waals surface area contributed by atoms with Gasteiger partial charge >= 0.3 is 0 Å².